The Labute approximate surface area is 214 Å². The molecule has 2 heterocycles. The molecule has 4 rings (SSSR count). The molecule has 9 nitrogen and oxygen atoms in total. The predicted molar refractivity (Wildman–Crippen MR) is 140 cm³/mol. The number of carbonyl (C=O) groups is 2. The standard InChI is InChI=1S/C26H23BrN4O5/c1-13(2)23-29-22-6-5-19(27)11-21(22)24(32)31(23)28-12-18-7-14(3)30(15(18)4)20-9-16(25(33)34)8-17(10-20)26(35)36/h5-13H,1-4H3,(H,33,34)(H,35,36). The number of rotatable bonds is 6. The molecule has 4 aromatic rings. The van der Waals surface area contributed by atoms with E-state index in [1.165, 1.54) is 16.8 Å². The van der Waals surface area contributed by atoms with Crippen LogP contribution >= 0.6 is 15.9 Å². The summed E-state index contributed by atoms with van der Waals surface area (Å²) in [6.45, 7) is 7.49. The lowest BCUT2D eigenvalue weighted by Gasteiger charge is -2.12. The van der Waals surface area contributed by atoms with E-state index >= 15 is 0 Å². The first-order valence-corrected chi connectivity index (χ1v) is 11.8. The highest BCUT2D eigenvalue weighted by Crippen LogP contribution is 2.23. The van der Waals surface area contributed by atoms with Crippen LogP contribution in [-0.2, 0) is 0 Å². The Balaban J connectivity index is 1.85. The topological polar surface area (TPSA) is 127 Å². The molecule has 2 aromatic heterocycles. The number of hydrogen-bond donors (Lipinski definition) is 2. The van der Waals surface area contributed by atoms with E-state index < -0.39 is 11.9 Å². The van der Waals surface area contributed by atoms with E-state index in [9.17, 15) is 24.6 Å². The quantitative estimate of drug-likeness (QED) is 0.326. The zero-order valence-electron chi connectivity index (χ0n) is 20.0. The van der Waals surface area contributed by atoms with Gasteiger partial charge in [0.05, 0.1) is 28.2 Å². The summed E-state index contributed by atoms with van der Waals surface area (Å²) in [6.07, 6.45) is 1.55. The number of benzene rings is 2. The van der Waals surface area contributed by atoms with E-state index in [0.717, 1.165) is 16.2 Å². The Morgan fingerprint density at radius 1 is 1.03 bits per heavy atom. The van der Waals surface area contributed by atoms with Gasteiger partial charge in [-0.25, -0.2) is 14.6 Å². The van der Waals surface area contributed by atoms with Gasteiger partial charge in [-0.1, -0.05) is 29.8 Å². The van der Waals surface area contributed by atoms with Gasteiger partial charge >= 0.3 is 11.9 Å². The third kappa shape index (κ3) is 4.59. The van der Waals surface area contributed by atoms with Gasteiger partial charge in [-0.15, -0.1) is 0 Å². The van der Waals surface area contributed by atoms with Crippen molar-refractivity contribution in [2.45, 2.75) is 33.6 Å². The first-order chi connectivity index (χ1) is 17.0. The molecule has 0 aliphatic carbocycles. The van der Waals surface area contributed by atoms with Crippen molar-refractivity contribution in [2.24, 2.45) is 5.10 Å². The van der Waals surface area contributed by atoms with Crippen LogP contribution in [-0.4, -0.2) is 42.6 Å². The molecule has 0 aliphatic rings. The zero-order valence-corrected chi connectivity index (χ0v) is 21.6. The van der Waals surface area contributed by atoms with Gasteiger partial charge in [0.2, 0.25) is 0 Å². The molecule has 0 atom stereocenters. The first-order valence-electron chi connectivity index (χ1n) is 11.1. The Morgan fingerprint density at radius 2 is 1.67 bits per heavy atom. The van der Waals surface area contributed by atoms with Crippen LogP contribution in [0.5, 0.6) is 0 Å². The number of nitrogens with zero attached hydrogens (tertiary/aromatic N) is 4. The van der Waals surface area contributed by atoms with Gasteiger partial charge in [0, 0.05) is 33.0 Å². The molecule has 0 amide bonds. The molecule has 0 bridgehead atoms. The number of aryl methyl sites for hydroxylation is 1. The minimum atomic E-state index is -1.22. The summed E-state index contributed by atoms with van der Waals surface area (Å²) >= 11 is 3.39. The number of carboxylic acid groups (broad SMARTS) is 2. The molecule has 0 fully saturated rings. The summed E-state index contributed by atoms with van der Waals surface area (Å²) in [4.78, 5) is 41.1. The molecular formula is C26H23BrN4O5. The van der Waals surface area contributed by atoms with Gasteiger partial charge in [-0.05, 0) is 56.3 Å². The van der Waals surface area contributed by atoms with E-state index in [1.807, 2.05) is 39.8 Å². The number of carboxylic acids is 2. The second kappa shape index (κ2) is 9.54. The van der Waals surface area contributed by atoms with Gasteiger partial charge in [0.1, 0.15) is 5.82 Å². The van der Waals surface area contributed by atoms with Crippen LogP contribution in [0.3, 0.4) is 0 Å². The Kier molecular flexibility index (Phi) is 6.64. The molecule has 2 aromatic carbocycles. The van der Waals surface area contributed by atoms with E-state index in [0.29, 0.717) is 33.7 Å². The smallest absolute Gasteiger partial charge is 0.335 e. The van der Waals surface area contributed by atoms with Gasteiger partial charge < -0.3 is 14.8 Å². The third-order valence-electron chi connectivity index (χ3n) is 5.80. The number of aromatic carboxylic acids is 2. The van der Waals surface area contributed by atoms with Gasteiger partial charge in [0.15, 0.2) is 0 Å². The van der Waals surface area contributed by atoms with E-state index in [1.54, 1.807) is 22.9 Å². The van der Waals surface area contributed by atoms with Crippen LogP contribution < -0.4 is 5.56 Å². The maximum absolute atomic E-state index is 13.3. The molecule has 0 aliphatic heterocycles. The molecule has 184 valence electrons. The SMILES string of the molecule is Cc1cc(C=Nn2c(C(C)C)nc3ccc(Br)cc3c2=O)c(C)n1-c1cc(C(=O)O)cc(C(=O)O)c1. The summed E-state index contributed by atoms with van der Waals surface area (Å²) in [5.74, 6) is -2.00. The van der Waals surface area contributed by atoms with Gasteiger partial charge in [0.25, 0.3) is 5.56 Å². The molecule has 0 spiro atoms. The molecule has 0 saturated heterocycles. The van der Waals surface area contributed by atoms with Crippen molar-refractivity contribution in [2.75, 3.05) is 0 Å². The Bertz CT molecular complexity index is 1600. The Morgan fingerprint density at radius 3 is 2.25 bits per heavy atom. The fourth-order valence-electron chi connectivity index (χ4n) is 4.07. The Hall–Kier alpha value is -4.05. The second-order valence-corrected chi connectivity index (χ2v) is 9.60. The van der Waals surface area contributed by atoms with Crippen LogP contribution in [0.2, 0.25) is 0 Å². The summed E-state index contributed by atoms with van der Waals surface area (Å²) in [5, 5.41) is 23.8. The molecule has 36 heavy (non-hydrogen) atoms. The lowest BCUT2D eigenvalue weighted by atomic mass is 10.1. The lowest BCUT2D eigenvalue weighted by molar-refractivity contribution is 0.0696. The zero-order chi connectivity index (χ0) is 26.3. The van der Waals surface area contributed by atoms with Crippen molar-refractivity contribution in [3.05, 3.63) is 91.2 Å². The fourth-order valence-corrected chi connectivity index (χ4v) is 4.44. The van der Waals surface area contributed by atoms with Crippen LogP contribution in [0.1, 0.15) is 63.3 Å². The van der Waals surface area contributed by atoms with E-state index in [2.05, 4.69) is 26.0 Å². The van der Waals surface area contributed by atoms with E-state index in [4.69, 9.17) is 0 Å². The van der Waals surface area contributed by atoms with E-state index in [-0.39, 0.29) is 22.6 Å². The minimum Gasteiger partial charge on any atom is -0.478 e. The van der Waals surface area contributed by atoms with Gasteiger partial charge in [-0.3, -0.25) is 4.79 Å². The second-order valence-electron chi connectivity index (χ2n) is 8.69. The number of fused-ring (bicyclic) bond motifs is 1. The van der Waals surface area contributed by atoms with Crippen molar-refractivity contribution in [3.63, 3.8) is 0 Å². The first kappa shape index (κ1) is 25.1. The highest BCUT2D eigenvalue weighted by molar-refractivity contribution is 9.10. The monoisotopic (exact) mass is 550 g/mol. The minimum absolute atomic E-state index is 0.0662. The summed E-state index contributed by atoms with van der Waals surface area (Å²) in [5.41, 5.74) is 2.55. The molecule has 10 heteroatoms. The fraction of sp³-hybridized carbons (Fsp3) is 0.192. The van der Waals surface area contributed by atoms with Crippen molar-refractivity contribution >= 4 is 45.0 Å². The largest absolute Gasteiger partial charge is 0.478 e. The normalized spacial score (nSPS) is 11.6. The van der Waals surface area contributed by atoms with Crippen molar-refractivity contribution in [1.29, 1.82) is 0 Å². The third-order valence-corrected chi connectivity index (χ3v) is 6.30. The maximum Gasteiger partial charge on any atom is 0.335 e. The van der Waals surface area contributed by atoms with Crippen molar-refractivity contribution in [1.82, 2.24) is 14.2 Å². The van der Waals surface area contributed by atoms with Gasteiger partial charge in [-0.2, -0.15) is 9.78 Å². The van der Waals surface area contributed by atoms with Crippen LogP contribution in [0, 0.1) is 13.8 Å². The van der Waals surface area contributed by atoms with Crippen molar-refractivity contribution in [3.8, 4) is 5.69 Å². The average molecular weight is 551 g/mol. The highest BCUT2D eigenvalue weighted by Gasteiger charge is 2.17. The molecule has 0 radical (unpaired) electrons. The molecule has 2 N–H and O–H groups in total. The number of hydrogen-bond acceptors (Lipinski definition) is 5. The average Bonchev–Trinajstić information content (AvgIpc) is 3.10. The maximum atomic E-state index is 13.3. The molecular weight excluding hydrogens is 528 g/mol. The predicted octanol–water partition coefficient (Wildman–Crippen LogP) is 4.97. The van der Waals surface area contributed by atoms with Crippen LogP contribution in [0.4, 0.5) is 0 Å². The lowest BCUT2D eigenvalue weighted by Crippen LogP contribution is -2.23. The highest BCUT2D eigenvalue weighted by atomic mass is 79.9. The molecule has 0 saturated carbocycles. The summed E-state index contributed by atoms with van der Waals surface area (Å²) < 4.78 is 3.80. The van der Waals surface area contributed by atoms with Crippen LogP contribution in [0.15, 0.2) is 56.8 Å². The van der Waals surface area contributed by atoms with Crippen molar-refractivity contribution < 1.29 is 19.8 Å². The summed E-state index contributed by atoms with van der Waals surface area (Å²) in [7, 11) is 0. The summed E-state index contributed by atoms with van der Waals surface area (Å²) in [6, 6.07) is 11.1. The molecule has 0 unspecified atom stereocenters. The number of halogens is 1. The van der Waals surface area contributed by atoms with Crippen LogP contribution in [0.25, 0.3) is 16.6 Å². The number of aromatic nitrogens is 3.